The Bertz CT molecular complexity index is 1050. The van der Waals surface area contributed by atoms with Crippen LogP contribution < -0.4 is 20.1 Å². The van der Waals surface area contributed by atoms with Gasteiger partial charge in [0.2, 0.25) is 5.95 Å². The zero-order valence-corrected chi connectivity index (χ0v) is 15.2. The molecule has 0 spiro atoms. The van der Waals surface area contributed by atoms with Crippen LogP contribution in [-0.2, 0) is 0 Å². The van der Waals surface area contributed by atoms with Gasteiger partial charge in [-0.1, -0.05) is 23.2 Å². The van der Waals surface area contributed by atoms with Gasteiger partial charge < -0.3 is 20.1 Å². The maximum atomic E-state index is 14.1. The Morgan fingerprint density at radius 3 is 2.36 bits per heavy atom. The number of fused-ring (bicyclic) bond motifs is 1. The van der Waals surface area contributed by atoms with Crippen LogP contribution in [0.5, 0.6) is 11.5 Å². The summed E-state index contributed by atoms with van der Waals surface area (Å²) in [5.74, 6) is -1.18. The molecule has 6 nitrogen and oxygen atoms in total. The molecule has 0 aliphatic carbocycles. The van der Waals surface area contributed by atoms with Crippen molar-refractivity contribution in [2.75, 3.05) is 10.6 Å². The van der Waals surface area contributed by atoms with Gasteiger partial charge in [0.15, 0.2) is 23.1 Å². The van der Waals surface area contributed by atoms with E-state index in [4.69, 9.17) is 23.2 Å². The van der Waals surface area contributed by atoms with E-state index in [-0.39, 0.29) is 29.0 Å². The second-order valence-corrected chi connectivity index (χ2v) is 6.50. The molecule has 0 fully saturated rings. The molecule has 0 saturated carbocycles. The number of halogens is 5. The van der Waals surface area contributed by atoms with Crippen LogP contribution in [0.25, 0.3) is 0 Å². The van der Waals surface area contributed by atoms with E-state index in [0.717, 1.165) is 6.20 Å². The first-order chi connectivity index (χ1) is 13.3. The predicted octanol–water partition coefficient (Wildman–Crippen LogP) is 5.73. The molecule has 0 atom stereocenters. The van der Waals surface area contributed by atoms with Gasteiger partial charge in [-0.3, -0.25) is 0 Å². The second kappa shape index (κ2) is 6.92. The van der Waals surface area contributed by atoms with E-state index >= 15 is 0 Å². The largest absolute Gasteiger partial charge is 0.586 e. The summed E-state index contributed by atoms with van der Waals surface area (Å²) >= 11 is 11.9. The summed E-state index contributed by atoms with van der Waals surface area (Å²) < 4.78 is 49.0. The Labute approximate surface area is 166 Å². The van der Waals surface area contributed by atoms with Gasteiger partial charge in [-0.25, -0.2) is 9.37 Å². The van der Waals surface area contributed by atoms with Crippen molar-refractivity contribution in [1.29, 1.82) is 0 Å². The molecule has 11 heteroatoms. The minimum Gasteiger partial charge on any atom is -0.395 e. The Hall–Kier alpha value is -2.91. The highest BCUT2D eigenvalue weighted by molar-refractivity contribution is 6.35. The third-order valence-electron chi connectivity index (χ3n) is 3.53. The number of benzene rings is 2. The van der Waals surface area contributed by atoms with Gasteiger partial charge in [0.05, 0.1) is 6.20 Å². The van der Waals surface area contributed by atoms with E-state index < -0.39 is 12.1 Å². The monoisotopic (exact) mass is 428 g/mol. The molecule has 1 aliphatic rings. The lowest BCUT2D eigenvalue weighted by molar-refractivity contribution is -0.286. The molecule has 144 valence electrons. The lowest BCUT2D eigenvalue weighted by Crippen LogP contribution is -2.25. The van der Waals surface area contributed by atoms with Gasteiger partial charge in [-0.15, -0.1) is 8.78 Å². The molecule has 0 radical (unpaired) electrons. The van der Waals surface area contributed by atoms with Crippen molar-refractivity contribution in [3.8, 4) is 11.5 Å². The molecular formula is C17H9Cl2F3N4O2. The number of nitrogens with one attached hydrogen (secondary N) is 2. The van der Waals surface area contributed by atoms with Crippen molar-refractivity contribution in [3.05, 3.63) is 58.5 Å². The second-order valence-electron chi connectivity index (χ2n) is 5.63. The van der Waals surface area contributed by atoms with Gasteiger partial charge in [0.25, 0.3) is 0 Å². The lowest BCUT2D eigenvalue weighted by Gasteiger charge is -2.10. The molecule has 2 heterocycles. The third-order valence-corrected chi connectivity index (χ3v) is 3.96. The van der Waals surface area contributed by atoms with Crippen LogP contribution >= 0.6 is 23.2 Å². The van der Waals surface area contributed by atoms with Crippen molar-refractivity contribution in [2.45, 2.75) is 6.29 Å². The standard InChI is InChI=1S/C17H9Cl2F3N4O2/c18-8-3-9(19)5-11(4-8)25-16-23-7-12(20)15(26-16)24-10-1-2-13-14(6-10)28-17(21,22)27-13/h1-7H,(H2,23,24,25,26). The summed E-state index contributed by atoms with van der Waals surface area (Å²) in [7, 11) is 0. The van der Waals surface area contributed by atoms with Gasteiger partial charge in [-0.05, 0) is 30.3 Å². The predicted molar refractivity (Wildman–Crippen MR) is 97.7 cm³/mol. The van der Waals surface area contributed by atoms with Crippen LogP contribution in [0.4, 0.5) is 36.3 Å². The molecule has 1 aromatic heterocycles. The van der Waals surface area contributed by atoms with Crippen LogP contribution in [0.3, 0.4) is 0 Å². The summed E-state index contributed by atoms with van der Waals surface area (Å²) in [6.45, 7) is 0. The van der Waals surface area contributed by atoms with Crippen molar-refractivity contribution >= 4 is 46.3 Å². The van der Waals surface area contributed by atoms with E-state index in [1.54, 1.807) is 18.2 Å². The zero-order chi connectivity index (χ0) is 19.9. The first-order valence-corrected chi connectivity index (χ1v) is 8.46. The molecule has 0 bridgehead atoms. The van der Waals surface area contributed by atoms with Gasteiger partial charge in [-0.2, -0.15) is 4.98 Å². The molecule has 2 N–H and O–H groups in total. The smallest absolute Gasteiger partial charge is 0.395 e. The van der Waals surface area contributed by atoms with Gasteiger partial charge in [0.1, 0.15) is 0 Å². The van der Waals surface area contributed by atoms with Crippen LogP contribution in [0.2, 0.25) is 10.0 Å². The number of alkyl halides is 2. The third kappa shape index (κ3) is 4.00. The number of nitrogens with zero attached hydrogens (tertiary/aromatic N) is 2. The number of rotatable bonds is 4. The molecule has 0 amide bonds. The first-order valence-electron chi connectivity index (χ1n) is 7.70. The minimum absolute atomic E-state index is 0.0644. The summed E-state index contributed by atoms with van der Waals surface area (Å²) in [5.41, 5.74) is 0.759. The molecular weight excluding hydrogens is 420 g/mol. The van der Waals surface area contributed by atoms with Crippen molar-refractivity contribution in [3.63, 3.8) is 0 Å². The summed E-state index contributed by atoms with van der Waals surface area (Å²) in [6.07, 6.45) is -2.79. The maximum absolute atomic E-state index is 14.1. The van der Waals surface area contributed by atoms with Gasteiger partial charge in [0, 0.05) is 27.5 Å². The topological polar surface area (TPSA) is 68.3 Å². The van der Waals surface area contributed by atoms with Crippen LogP contribution in [0, 0.1) is 5.82 Å². The fourth-order valence-corrected chi connectivity index (χ4v) is 2.96. The normalized spacial score (nSPS) is 14.0. The Morgan fingerprint density at radius 2 is 1.61 bits per heavy atom. The molecule has 3 aromatic rings. The number of hydrogen-bond acceptors (Lipinski definition) is 6. The number of aromatic nitrogens is 2. The molecule has 0 saturated heterocycles. The Morgan fingerprint density at radius 1 is 0.893 bits per heavy atom. The van der Waals surface area contributed by atoms with Crippen LogP contribution in [-0.4, -0.2) is 16.3 Å². The van der Waals surface area contributed by atoms with Crippen molar-refractivity contribution < 1.29 is 22.6 Å². The summed E-state index contributed by atoms with van der Waals surface area (Å²) in [5, 5.41) is 6.32. The van der Waals surface area contributed by atoms with E-state index in [2.05, 4.69) is 30.1 Å². The zero-order valence-electron chi connectivity index (χ0n) is 13.6. The quantitative estimate of drug-likeness (QED) is 0.552. The molecule has 2 aromatic carbocycles. The highest BCUT2D eigenvalue weighted by Gasteiger charge is 2.43. The maximum Gasteiger partial charge on any atom is 0.586 e. The van der Waals surface area contributed by atoms with E-state index in [1.807, 2.05) is 0 Å². The van der Waals surface area contributed by atoms with Gasteiger partial charge >= 0.3 is 6.29 Å². The molecule has 4 rings (SSSR count). The summed E-state index contributed by atoms with van der Waals surface area (Å²) in [6, 6.07) is 8.65. The number of anilines is 4. The first kappa shape index (κ1) is 18.5. The van der Waals surface area contributed by atoms with Crippen LogP contribution in [0.15, 0.2) is 42.6 Å². The average Bonchev–Trinajstić information content (AvgIpc) is 2.90. The van der Waals surface area contributed by atoms with Crippen molar-refractivity contribution in [2.24, 2.45) is 0 Å². The molecule has 0 unspecified atom stereocenters. The number of hydrogen-bond donors (Lipinski definition) is 2. The van der Waals surface area contributed by atoms with Crippen LogP contribution in [0.1, 0.15) is 0 Å². The summed E-state index contributed by atoms with van der Waals surface area (Å²) in [4.78, 5) is 7.87. The fourth-order valence-electron chi connectivity index (χ4n) is 2.43. The Balaban J connectivity index is 1.57. The highest BCUT2D eigenvalue weighted by Crippen LogP contribution is 2.42. The molecule has 28 heavy (non-hydrogen) atoms. The fraction of sp³-hybridized carbons (Fsp3) is 0.0588. The average molecular weight is 429 g/mol. The minimum atomic E-state index is -3.74. The van der Waals surface area contributed by atoms with E-state index in [1.165, 1.54) is 18.2 Å². The number of ether oxygens (including phenoxy) is 2. The van der Waals surface area contributed by atoms with E-state index in [9.17, 15) is 13.2 Å². The highest BCUT2D eigenvalue weighted by atomic mass is 35.5. The lowest BCUT2D eigenvalue weighted by atomic mass is 10.3. The van der Waals surface area contributed by atoms with E-state index in [0.29, 0.717) is 15.7 Å². The van der Waals surface area contributed by atoms with Crippen molar-refractivity contribution in [1.82, 2.24) is 9.97 Å². The SMILES string of the molecule is Fc1cnc(Nc2cc(Cl)cc(Cl)c2)nc1Nc1ccc2c(c1)OC(F)(F)O2. The Kier molecular flexibility index (Phi) is 4.56. The molecule has 1 aliphatic heterocycles.